The highest BCUT2D eigenvalue weighted by atomic mass is 16.2. The van der Waals surface area contributed by atoms with Gasteiger partial charge in [-0.25, -0.2) is 0 Å². The molecule has 2 N–H and O–H groups in total. The number of carbonyl (C=O) groups excluding carboxylic acids is 1. The molecule has 0 aromatic heterocycles. The van der Waals surface area contributed by atoms with Gasteiger partial charge in [-0.15, -0.1) is 0 Å². The predicted molar refractivity (Wildman–Crippen MR) is 81.0 cm³/mol. The van der Waals surface area contributed by atoms with Crippen molar-refractivity contribution < 1.29 is 4.79 Å². The van der Waals surface area contributed by atoms with Crippen LogP contribution in [0, 0.1) is 5.41 Å². The van der Waals surface area contributed by atoms with Gasteiger partial charge in [-0.05, 0) is 43.4 Å². The quantitative estimate of drug-likeness (QED) is 0.854. The molecular formula is C17H24N2O. The first-order chi connectivity index (χ1) is 9.58. The minimum absolute atomic E-state index is 0.122. The number of hydrogen-bond acceptors (Lipinski definition) is 2. The molecule has 2 fully saturated rings. The monoisotopic (exact) mass is 272 g/mol. The van der Waals surface area contributed by atoms with Gasteiger partial charge in [0.15, 0.2) is 0 Å². The van der Waals surface area contributed by atoms with E-state index in [1.54, 1.807) is 0 Å². The lowest BCUT2D eigenvalue weighted by molar-refractivity contribution is -0.142. The molecule has 0 radical (unpaired) electrons. The van der Waals surface area contributed by atoms with Crippen molar-refractivity contribution >= 4 is 11.6 Å². The molecule has 3 heteroatoms. The molecule has 3 nitrogen and oxygen atoms in total. The number of nitrogens with zero attached hydrogens (tertiary/aromatic N) is 1. The van der Waals surface area contributed by atoms with Crippen LogP contribution in [0.2, 0.25) is 0 Å². The third-order valence-electron chi connectivity index (χ3n) is 4.78. The molecule has 0 atom stereocenters. The van der Waals surface area contributed by atoms with Crippen LogP contribution >= 0.6 is 0 Å². The summed E-state index contributed by atoms with van der Waals surface area (Å²) in [4.78, 5) is 15.0. The lowest BCUT2D eigenvalue weighted by Crippen LogP contribution is -2.42. The highest BCUT2D eigenvalue weighted by Crippen LogP contribution is 2.42. The largest absolute Gasteiger partial charge is 0.399 e. The van der Waals surface area contributed by atoms with Gasteiger partial charge in [0.2, 0.25) is 5.91 Å². The third kappa shape index (κ3) is 2.67. The Morgan fingerprint density at radius 3 is 2.65 bits per heavy atom. The Labute approximate surface area is 121 Å². The number of hydrogen-bond donors (Lipinski definition) is 1. The average molecular weight is 272 g/mol. The highest BCUT2D eigenvalue weighted by Gasteiger charge is 2.43. The molecule has 2 aliphatic carbocycles. The fourth-order valence-electron chi connectivity index (χ4n) is 3.36. The second kappa shape index (κ2) is 5.12. The van der Waals surface area contributed by atoms with Crippen molar-refractivity contribution in [1.82, 2.24) is 4.90 Å². The summed E-state index contributed by atoms with van der Waals surface area (Å²) in [6.45, 7) is 2.86. The molecule has 0 saturated heterocycles. The van der Waals surface area contributed by atoms with Gasteiger partial charge in [-0.2, -0.15) is 0 Å². The van der Waals surface area contributed by atoms with E-state index in [-0.39, 0.29) is 5.41 Å². The normalized spacial score (nSPS) is 20.9. The van der Waals surface area contributed by atoms with Crippen LogP contribution in [-0.4, -0.2) is 16.8 Å². The van der Waals surface area contributed by atoms with Crippen molar-refractivity contribution in [2.75, 3.05) is 5.73 Å². The smallest absolute Gasteiger partial charge is 0.229 e. The highest BCUT2D eigenvalue weighted by molar-refractivity contribution is 5.83. The Balaban J connectivity index is 1.77. The molecule has 1 aromatic rings. The number of anilines is 1. The maximum absolute atomic E-state index is 12.9. The minimum atomic E-state index is -0.122. The minimum Gasteiger partial charge on any atom is -0.399 e. The van der Waals surface area contributed by atoms with Gasteiger partial charge in [-0.1, -0.05) is 31.9 Å². The second-order valence-electron chi connectivity index (χ2n) is 6.68. The van der Waals surface area contributed by atoms with Crippen LogP contribution in [-0.2, 0) is 11.3 Å². The molecule has 108 valence electrons. The molecule has 0 spiro atoms. The van der Waals surface area contributed by atoms with Crippen LogP contribution < -0.4 is 5.73 Å². The Morgan fingerprint density at radius 2 is 2.05 bits per heavy atom. The zero-order valence-corrected chi connectivity index (χ0v) is 12.3. The summed E-state index contributed by atoms with van der Waals surface area (Å²) in [5.41, 5.74) is 7.65. The molecule has 20 heavy (non-hydrogen) atoms. The fourth-order valence-corrected chi connectivity index (χ4v) is 3.36. The SMILES string of the molecule is CC1(C(=O)N(Cc2cccc(N)c2)C2CC2)CCCC1. The Morgan fingerprint density at radius 1 is 1.35 bits per heavy atom. The van der Waals surface area contributed by atoms with Crippen LogP contribution in [0.3, 0.4) is 0 Å². The van der Waals surface area contributed by atoms with Crippen LogP contribution in [0.25, 0.3) is 0 Å². The summed E-state index contributed by atoms with van der Waals surface area (Å²) in [6, 6.07) is 8.37. The lowest BCUT2D eigenvalue weighted by atomic mass is 9.87. The van der Waals surface area contributed by atoms with E-state index < -0.39 is 0 Å². The first-order valence-electron chi connectivity index (χ1n) is 7.74. The van der Waals surface area contributed by atoms with Gasteiger partial charge in [0.1, 0.15) is 0 Å². The van der Waals surface area contributed by atoms with Crippen LogP contribution in [0.4, 0.5) is 5.69 Å². The zero-order valence-electron chi connectivity index (χ0n) is 12.3. The fraction of sp³-hybridized carbons (Fsp3) is 0.588. The molecule has 1 amide bonds. The second-order valence-corrected chi connectivity index (χ2v) is 6.68. The van der Waals surface area contributed by atoms with E-state index in [4.69, 9.17) is 5.73 Å². The molecule has 3 rings (SSSR count). The lowest BCUT2D eigenvalue weighted by Gasteiger charge is -2.32. The Hall–Kier alpha value is -1.51. The van der Waals surface area contributed by atoms with E-state index in [9.17, 15) is 4.79 Å². The number of nitrogens with two attached hydrogens (primary N) is 1. The molecule has 2 saturated carbocycles. The van der Waals surface area contributed by atoms with E-state index >= 15 is 0 Å². The van der Waals surface area contributed by atoms with Crippen LogP contribution in [0.15, 0.2) is 24.3 Å². The first-order valence-corrected chi connectivity index (χ1v) is 7.74. The number of amides is 1. The number of nitrogen functional groups attached to an aromatic ring is 1. The van der Waals surface area contributed by atoms with Gasteiger partial charge < -0.3 is 10.6 Å². The molecule has 0 heterocycles. The maximum Gasteiger partial charge on any atom is 0.229 e. The summed E-state index contributed by atoms with van der Waals surface area (Å²) in [7, 11) is 0. The van der Waals surface area contributed by atoms with Gasteiger partial charge in [-0.3, -0.25) is 4.79 Å². The summed E-state index contributed by atoms with van der Waals surface area (Å²) in [5, 5.41) is 0. The average Bonchev–Trinajstić information content (AvgIpc) is 3.17. The van der Waals surface area contributed by atoms with Gasteiger partial charge in [0, 0.05) is 23.7 Å². The van der Waals surface area contributed by atoms with Crippen molar-refractivity contribution in [2.24, 2.45) is 5.41 Å². The molecule has 2 aliphatic rings. The van der Waals surface area contributed by atoms with Crippen LogP contribution in [0.5, 0.6) is 0 Å². The number of carbonyl (C=O) groups is 1. The summed E-state index contributed by atoms with van der Waals surface area (Å²) in [5.74, 6) is 0.361. The van der Waals surface area contributed by atoms with Crippen molar-refractivity contribution in [3.8, 4) is 0 Å². The van der Waals surface area contributed by atoms with E-state index in [0.29, 0.717) is 18.5 Å². The van der Waals surface area contributed by atoms with Crippen molar-refractivity contribution in [3.05, 3.63) is 29.8 Å². The van der Waals surface area contributed by atoms with Gasteiger partial charge >= 0.3 is 0 Å². The van der Waals surface area contributed by atoms with Gasteiger partial charge in [0.25, 0.3) is 0 Å². The zero-order chi connectivity index (χ0) is 14.2. The van der Waals surface area contributed by atoms with Gasteiger partial charge in [0.05, 0.1) is 0 Å². The number of rotatable bonds is 4. The van der Waals surface area contributed by atoms with Crippen LogP contribution in [0.1, 0.15) is 51.0 Å². The Bertz CT molecular complexity index is 501. The summed E-state index contributed by atoms with van der Waals surface area (Å²) in [6.07, 6.45) is 6.80. The topological polar surface area (TPSA) is 46.3 Å². The Kier molecular flexibility index (Phi) is 3.45. The molecular weight excluding hydrogens is 248 g/mol. The number of benzene rings is 1. The summed E-state index contributed by atoms with van der Waals surface area (Å²) < 4.78 is 0. The predicted octanol–water partition coefficient (Wildman–Crippen LogP) is 3.34. The van der Waals surface area contributed by atoms with E-state index in [1.165, 1.54) is 12.8 Å². The van der Waals surface area contributed by atoms with E-state index in [2.05, 4.69) is 17.9 Å². The molecule has 1 aromatic carbocycles. The molecule has 0 bridgehead atoms. The van der Waals surface area contributed by atoms with Crippen molar-refractivity contribution in [3.63, 3.8) is 0 Å². The first kappa shape index (κ1) is 13.5. The maximum atomic E-state index is 12.9. The molecule has 0 aliphatic heterocycles. The summed E-state index contributed by atoms with van der Waals surface area (Å²) >= 11 is 0. The van der Waals surface area contributed by atoms with Crippen molar-refractivity contribution in [2.45, 2.75) is 58.0 Å². The van der Waals surface area contributed by atoms with E-state index in [1.807, 2.05) is 18.2 Å². The molecule has 0 unspecified atom stereocenters. The standard InChI is InChI=1S/C17H24N2O/c1-17(9-2-3-10-17)16(20)19(15-7-8-15)12-13-5-4-6-14(18)11-13/h4-6,11,15H,2-3,7-10,12,18H2,1H3. The third-order valence-corrected chi connectivity index (χ3v) is 4.78. The van der Waals surface area contributed by atoms with E-state index in [0.717, 1.165) is 36.9 Å². The van der Waals surface area contributed by atoms with Crippen molar-refractivity contribution in [1.29, 1.82) is 0 Å².